The summed E-state index contributed by atoms with van der Waals surface area (Å²) in [6.07, 6.45) is 8.29. The summed E-state index contributed by atoms with van der Waals surface area (Å²) in [6, 6.07) is 3.26. The molecule has 1 saturated heterocycles. The second kappa shape index (κ2) is 4.85. The van der Waals surface area contributed by atoms with E-state index in [-0.39, 0.29) is 16.5 Å². The minimum Gasteiger partial charge on any atom is -0.311 e. The quantitative estimate of drug-likeness (QED) is 0.868. The smallest absolute Gasteiger partial charge is 0.242 e. The van der Waals surface area contributed by atoms with Crippen molar-refractivity contribution >= 4 is 10.0 Å². The predicted octanol–water partition coefficient (Wildman–Crippen LogP) is 1.03. The zero-order valence-corrected chi connectivity index (χ0v) is 11.6. The summed E-state index contributed by atoms with van der Waals surface area (Å²) >= 11 is 0. The van der Waals surface area contributed by atoms with E-state index in [4.69, 9.17) is 0 Å². The van der Waals surface area contributed by atoms with E-state index in [0.717, 1.165) is 32.2 Å². The highest BCUT2D eigenvalue weighted by molar-refractivity contribution is 7.89. The van der Waals surface area contributed by atoms with Crippen LogP contribution in [0.3, 0.4) is 0 Å². The molecule has 5 nitrogen and oxygen atoms in total. The van der Waals surface area contributed by atoms with E-state index in [1.807, 2.05) is 0 Å². The van der Waals surface area contributed by atoms with Gasteiger partial charge in [0.25, 0.3) is 0 Å². The lowest BCUT2D eigenvalue weighted by Crippen LogP contribution is -2.59. The molecule has 0 amide bonds. The summed E-state index contributed by atoms with van der Waals surface area (Å²) < 4.78 is 27.3. The SMILES string of the molecule is O=S(=O)(NC1CCNC2(CCC2)C1)c1cccnc1. The van der Waals surface area contributed by atoms with Crippen molar-refractivity contribution in [3.8, 4) is 0 Å². The van der Waals surface area contributed by atoms with Gasteiger partial charge >= 0.3 is 0 Å². The Kier molecular flexibility index (Phi) is 3.32. The highest BCUT2D eigenvalue weighted by Gasteiger charge is 2.41. The maximum absolute atomic E-state index is 12.2. The molecular weight excluding hydrogens is 262 g/mol. The molecule has 3 rings (SSSR count). The number of hydrogen-bond acceptors (Lipinski definition) is 4. The zero-order chi connectivity index (χ0) is 13.3. The molecule has 1 atom stereocenters. The second-order valence-corrected chi connectivity index (χ2v) is 7.27. The van der Waals surface area contributed by atoms with Crippen LogP contribution in [-0.4, -0.2) is 31.5 Å². The third-order valence-electron chi connectivity index (χ3n) is 4.21. The average molecular weight is 281 g/mol. The Balaban J connectivity index is 1.71. The van der Waals surface area contributed by atoms with E-state index < -0.39 is 10.0 Å². The normalized spacial score (nSPS) is 26.0. The number of rotatable bonds is 3. The van der Waals surface area contributed by atoms with Crippen molar-refractivity contribution in [1.82, 2.24) is 15.0 Å². The van der Waals surface area contributed by atoms with Crippen LogP contribution in [0.25, 0.3) is 0 Å². The van der Waals surface area contributed by atoms with Crippen molar-refractivity contribution in [2.24, 2.45) is 0 Å². The van der Waals surface area contributed by atoms with Gasteiger partial charge in [-0.3, -0.25) is 4.98 Å². The Morgan fingerprint density at radius 1 is 1.42 bits per heavy atom. The number of hydrogen-bond donors (Lipinski definition) is 2. The lowest BCUT2D eigenvalue weighted by atomic mass is 9.70. The van der Waals surface area contributed by atoms with Gasteiger partial charge in [-0.25, -0.2) is 13.1 Å². The van der Waals surface area contributed by atoms with Crippen molar-refractivity contribution in [1.29, 1.82) is 0 Å². The van der Waals surface area contributed by atoms with E-state index in [2.05, 4.69) is 15.0 Å². The number of pyridine rings is 1. The largest absolute Gasteiger partial charge is 0.311 e. The molecule has 1 aliphatic heterocycles. The molecule has 2 heterocycles. The third kappa shape index (κ3) is 2.66. The maximum Gasteiger partial charge on any atom is 0.242 e. The van der Waals surface area contributed by atoms with Gasteiger partial charge in [0.05, 0.1) is 0 Å². The molecular formula is C13H19N3O2S. The fraction of sp³-hybridized carbons (Fsp3) is 0.615. The van der Waals surface area contributed by atoms with Crippen LogP contribution in [0, 0.1) is 0 Å². The van der Waals surface area contributed by atoms with Crippen LogP contribution in [0.15, 0.2) is 29.4 Å². The summed E-state index contributed by atoms with van der Waals surface area (Å²) in [4.78, 5) is 4.11. The minimum atomic E-state index is -3.43. The van der Waals surface area contributed by atoms with E-state index in [9.17, 15) is 8.42 Å². The number of nitrogens with one attached hydrogen (secondary N) is 2. The molecule has 1 unspecified atom stereocenters. The Morgan fingerprint density at radius 2 is 2.26 bits per heavy atom. The van der Waals surface area contributed by atoms with Crippen LogP contribution < -0.4 is 10.0 Å². The predicted molar refractivity (Wildman–Crippen MR) is 72.2 cm³/mol. The Morgan fingerprint density at radius 3 is 2.89 bits per heavy atom. The number of nitrogens with zero attached hydrogens (tertiary/aromatic N) is 1. The second-order valence-electron chi connectivity index (χ2n) is 5.56. The van der Waals surface area contributed by atoms with Gasteiger partial charge < -0.3 is 5.32 Å². The number of aromatic nitrogens is 1. The van der Waals surface area contributed by atoms with Gasteiger partial charge in [0.2, 0.25) is 10.0 Å². The van der Waals surface area contributed by atoms with E-state index in [1.165, 1.54) is 12.6 Å². The first-order valence-corrected chi connectivity index (χ1v) is 8.25. The summed E-state index contributed by atoms with van der Waals surface area (Å²) in [6.45, 7) is 0.889. The summed E-state index contributed by atoms with van der Waals surface area (Å²) in [5.41, 5.74) is 0.195. The van der Waals surface area contributed by atoms with Crippen LogP contribution in [0.2, 0.25) is 0 Å². The third-order valence-corrected chi connectivity index (χ3v) is 5.71. The van der Waals surface area contributed by atoms with Gasteiger partial charge in [-0.05, 0) is 50.8 Å². The van der Waals surface area contributed by atoms with Crippen molar-refractivity contribution < 1.29 is 8.42 Å². The van der Waals surface area contributed by atoms with Crippen LogP contribution in [0.1, 0.15) is 32.1 Å². The summed E-state index contributed by atoms with van der Waals surface area (Å²) in [5, 5.41) is 3.54. The van der Waals surface area contributed by atoms with Gasteiger partial charge in [0.1, 0.15) is 4.90 Å². The number of sulfonamides is 1. The molecule has 2 N–H and O–H groups in total. The first-order valence-electron chi connectivity index (χ1n) is 6.77. The highest BCUT2D eigenvalue weighted by Crippen LogP contribution is 2.38. The summed E-state index contributed by atoms with van der Waals surface area (Å²) in [7, 11) is -3.43. The topological polar surface area (TPSA) is 71.1 Å². The van der Waals surface area contributed by atoms with Gasteiger partial charge in [0.15, 0.2) is 0 Å². The highest BCUT2D eigenvalue weighted by atomic mass is 32.2. The first kappa shape index (κ1) is 13.0. The molecule has 2 aliphatic rings. The van der Waals surface area contributed by atoms with E-state index >= 15 is 0 Å². The van der Waals surface area contributed by atoms with E-state index in [1.54, 1.807) is 18.3 Å². The molecule has 1 aliphatic carbocycles. The molecule has 1 aromatic heterocycles. The van der Waals surface area contributed by atoms with Crippen LogP contribution >= 0.6 is 0 Å². The zero-order valence-electron chi connectivity index (χ0n) is 10.8. The fourth-order valence-electron chi connectivity index (χ4n) is 3.04. The molecule has 19 heavy (non-hydrogen) atoms. The Hall–Kier alpha value is -0.980. The molecule has 104 valence electrons. The Labute approximate surface area is 113 Å². The van der Waals surface area contributed by atoms with Crippen molar-refractivity contribution in [2.75, 3.05) is 6.54 Å². The van der Waals surface area contributed by atoms with Gasteiger partial charge in [-0.2, -0.15) is 0 Å². The monoisotopic (exact) mass is 281 g/mol. The van der Waals surface area contributed by atoms with Crippen molar-refractivity contribution in [3.63, 3.8) is 0 Å². The van der Waals surface area contributed by atoms with Crippen LogP contribution in [0.4, 0.5) is 0 Å². The van der Waals surface area contributed by atoms with Crippen molar-refractivity contribution in [2.45, 2.75) is 48.6 Å². The Bertz CT molecular complexity index is 540. The molecule has 1 spiro atoms. The fourth-order valence-corrected chi connectivity index (χ4v) is 4.27. The van der Waals surface area contributed by atoms with Crippen LogP contribution in [0.5, 0.6) is 0 Å². The van der Waals surface area contributed by atoms with Gasteiger partial charge in [0, 0.05) is 24.0 Å². The molecule has 0 radical (unpaired) electrons. The minimum absolute atomic E-state index is 0.0340. The summed E-state index contributed by atoms with van der Waals surface area (Å²) in [5.74, 6) is 0. The molecule has 1 aromatic rings. The molecule has 2 fully saturated rings. The lowest BCUT2D eigenvalue weighted by Gasteiger charge is -2.48. The lowest BCUT2D eigenvalue weighted by molar-refractivity contribution is 0.126. The molecule has 6 heteroatoms. The first-order chi connectivity index (χ1) is 9.10. The molecule has 1 saturated carbocycles. The van der Waals surface area contributed by atoms with Gasteiger partial charge in [-0.15, -0.1) is 0 Å². The molecule has 0 bridgehead atoms. The van der Waals surface area contributed by atoms with Gasteiger partial charge in [-0.1, -0.05) is 0 Å². The van der Waals surface area contributed by atoms with Crippen molar-refractivity contribution in [3.05, 3.63) is 24.5 Å². The van der Waals surface area contributed by atoms with E-state index in [0.29, 0.717) is 0 Å². The number of piperidine rings is 1. The average Bonchev–Trinajstić information content (AvgIpc) is 2.38. The molecule has 0 aromatic carbocycles. The standard InChI is InChI=1S/C13H19N3O2S/c17-19(18,12-3-1-7-14-10-12)16-11-4-8-15-13(9-11)5-2-6-13/h1,3,7,10-11,15-16H,2,4-6,8-9H2. The van der Waals surface area contributed by atoms with Crippen LogP contribution in [-0.2, 0) is 10.0 Å². The maximum atomic E-state index is 12.2.